The summed E-state index contributed by atoms with van der Waals surface area (Å²) in [6.45, 7) is 4.93. The second-order valence-corrected chi connectivity index (χ2v) is 6.76. The lowest BCUT2D eigenvalue weighted by atomic mass is 10.2. The number of nitrogens with one attached hydrogen (secondary N) is 1. The molecule has 1 heterocycles. The highest BCUT2D eigenvalue weighted by Gasteiger charge is 2.16. The van der Waals surface area contributed by atoms with E-state index in [2.05, 4.69) is 10.3 Å². The molecule has 0 aliphatic heterocycles. The molecule has 0 amide bonds. The maximum absolute atomic E-state index is 11.5. The van der Waals surface area contributed by atoms with Gasteiger partial charge in [-0.15, -0.1) is 0 Å². The summed E-state index contributed by atoms with van der Waals surface area (Å²) in [6, 6.07) is 1.23. The van der Waals surface area contributed by atoms with E-state index < -0.39 is 14.8 Å². The first kappa shape index (κ1) is 15.4. The molecule has 1 rings (SSSR count). The first-order valence-electron chi connectivity index (χ1n) is 5.83. The molecule has 0 bridgehead atoms. The van der Waals surface area contributed by atoms with Gasteiger partial charge < -0.3 is 5.32 Å². The SMILES string of the molecule is CCS(=O)(=O)CC(C)Nc1cc(C)c([N+](=O)[O-])cn1. The van der Waals surface area contributed by atoms with Gasteiger partial charge in [-0.05, 0) is 19.9 Å². The molecule has 1 unspecified atom stereocenters. The Morgan fingerprint density at radius 3 is 2.63 bits per heavy atom. The summed E-state index contributed by atoms with van der Waals surface area (Å²) in [4.78, 5) is 14.1. The molecule has 19 heavy (non-hydrogen) atoms. The number of hydrogen-bond donors (Lipinski definition) is 1. The van der Waals surface area contributed by atoms with Crippen LogP contribution >= 0.6 is 0 Å². The number of hydrogen-bond acceptors (Lipinski definition) is 6. The average molecular weight is 287 g/mol. The molecule has 0 radical (unpaired) electrons. The Bertz CT molecular complexity index is 571. The number of aryl methyl sites for hydroxylation is 1. The molecule has 0 saturated heterocycles. The normalized spacial score (nSPS) is 13.0. The Morgan fingerprint density at radius 1 is 1.53 bits per heavy atom. The molecule has 0 fully saturated rings. The van der Waals surface area contributed by atoms with Crippen LogP contribution in [0.2, 0.25) is 0 Å². The minimum absolute atomic E-state index is 0.00121. The van der Waals surface area contributed by atoms with Crippen molar-refractivity contribution in [3.05, 3.63) is 27.9 Å². The first-order chi connectivity index (χ1) is 8.75. The van der Waals surface area contributed by atoms with Crippen LogP contribution in [0.4, 0.5) is 11.5 Å². The van der Waals surface area contributed by atoms with Crippen molar-refractivity contribution < 1.29 is 13.3 Å². The predicted molar refractivity (Wildman–Crippen MR) is 73.0 cm³/mol. The summed E-state index contributed by atoms with van der Waals surface area (Å²) in [7, 11) is -3.07. The van der Waals surface area contributed by atoms with Gasteiger partial charge in [-0.25, -0.2) is 13.4 Å². The highest BCUT2D eigenvalue weighted by atomic mass is 32.2. The van der Waals surface area contributed by atoms with Crippen molar-refractivity contribution in [2.24, 2.45) is 0 Å². The van der Waals surface area contributed by atoms with Crippen LogP contribution in [-0.2, 0) is 9.84 Å². The monoisotopic (exact) mass is 287 g/mol. The topological polar surface area (TPSA) is 102 Å². The maximum Gasteiger partial charge on any atom is 0.290 e. The second-order valence-electron chi connectivity index (χ2n) is 4.36. The molecule has 0 spiro atoms. The lowest BCUT2D eigenvalue weighted by molar-refractivity contribution is -0.385. The van der Waals surface area contributed by atoms with E-state index in [-0.39, 0.29) is 23.2 Å². The highest BCUT2D eigenvalue weighted by Crippen LogP contribution is 2.19. The van der Waals surface area contributed by atoms with Crippen LogP contribution in [0.1, 0.15) is 19.4 Å². The Labute approximate surface area is 112 Å². The minimum atomic E-state index is -3.07. The van der Waals surface area contributed by atoms with E-state index in [4.69, 9.17) is 0 Å². The zero-order valence-corrected chi connectivity index (χ0v) is 11.9. The fourth-order valence-corrected chi connectivity index (χ4v) is 2.69. The lowest BCUT2D eigenvalue weighted by Gasteiger charge is -2.14. The summed E-state index contributed by atoms with van der Waals surface area (Å²) in [5.74, 6) is 0.523. The molecule has 0 saturated carbocycles. The molecule has 1 aromatic heterocycles. The molecule has 8 heteroatoms. The zero-order chi connectivity index (χ0) is 14.6. The smallest absolute Gasteiger partial charge is 0.290 e. The number of pyridine rings is 1. The van der Waals surface area contributed by atoms with Crippen molar-refractivity contribution in [2.75, 3.05) is 16.8 Å². The first-order valence-corrected chi connectivity index (χ1v) is 7.65. The Morgan fingerprint density at radius 2 is 2.16 bits per heavy atom. The third-order valence-electron chi connectivity index (χ3n) is 2.62. The molecule has 106 valence electrons. The third kappa shape index (κ3) is 4.47. The van der Waals surface area contributed by atoms with Gasteiger partial charge in [0, 0.05) is 17.4 Å². The Kier molecular flexibility index (Phi) is 4.82. The van der Waals surface area contributed by atoms with E-state index in [9.17, 15) is 18.5 Å². The van der Waals surface area contributed by atoms with Gasteiger partial charge in [-0.1, -0.05) is 6.92 Å². The number of sulfone groups is 1. The quantitative estimate of drug-likeness (QED) is 0.629. The molecule has 0 aromatic carbocycles. The number of rotatable bonds is 6. The van der Waals surface area contributed by atoms with Crippen LogP contribution in [0.15, 0.2) is 12.3 Å². The van der Waals surface area contributed by atoms with Gasteiger partial charge in [-0.3, -0.25) is 10.1 Å². The van der Waals surface area contributed by atoms with Gasteiger partial charge in [0.05, 0.1) is 10.7 Å². The Balaban J connectivity index is 2.78. The van der Waals surface area contributed by atoms with Crippen LogP contribution in [-0.4, -0.2) is 35.9 Å². The molecular weight excluding hydrogens is 270 g/mol. The maximum atomic E-state index is 11.5. The second kappa shape index (κ2) is 5.96. The molecule has 7 nitrogen and oxygen atoms in total. The van der Waals surface area contributed by atoms with Gasteiger partial charge in [0.25, 0.3) is 5.69 Å². The van der Waals surface area contributed by atoms with Crippen molar-refractivity contribution in [1.29, 1.82) is 0 Å². The highest BCUT2D eigenvalue weighted by molar-refractivity contribution is 7.91. The van der Waals surface area contributed by atoms with Gasteiger partial charge in [0.1, 0.15) is 12.0 Å². The standard InChI is InChI=1S/C11H17N3O4S/c1-4-19(17,18)7-9(3)13-11-5-8(2)10(6-12-11)14(15)16/h5-6,9H,4,7H2,1-3H3,(H,12,13). The summed E-state index contributed by atoms with van der Waals surface area (Å²) < 4.78 is 22.9. The molecule has 1 aromatic rings. The third-order valence-corrected chi connectivity index (χ3v) is 4.51. The fourth-order valence-electron chi connectivity index (χ4n) is 1.61. The van der Waals surface area contributed by atoms with E-state index in [1.807, 2.05) is 0 Å². The summed E-state index contributed by atoms with van der Waals surface area (Å²) in [6.07, 6.45) is 1.17. The van der Waals surface area contributed by atoms with E-state index in [1.165, 1.54) is 12.3 Å². The average Bonchev–Trinajstić information content (AvgIpc) is 2.27. The molecule has 1 atom stereocenters. The molecule has 0 aliphatic rings. The largest absolute Gasteiger partial charge is 0.367 e. The van der Waals surface area contributed by atoms with Gasteiger partial charge >= 0.3 is 0 Å². The van der Waals surface area contributed by atoms with E-state index in [0.717, 1.165) is 0 Å². The predicted octanol–water partition coefficient (Wildman–Crippen LogP) is 1.53. The van der Waals surface area contributed by atoms with Crippen LogP contribution in [0.3, 0.4) is 0 Å². The van der Waals surface area contributed by atoms with Crippen molar-refractivity contribution >= 4 is 21.3 Å². The molecular formula is C11H17N3O4S. The van der Waals surface area contributed by atoms with Crippen LogP contribution in [0, 0.1) is 17.0 Å². The van der Waals surface area contributed by atoms with E-state index in [1.54, 1.807) is 20.8 Å². The zero-order valence-electron chi connectivity index (χ0n) is 11.1. The van der Waals surface area contributed by atoms with Gasteiger partial charge in [-0.2, -0.15) is 0 Å². The lowest BCUT2D eigenvalue weighted by Crippen LogP contribution is -2.27. The van der Waals surface area contributed by atoms with Gasteiger partial charge in [0.15, 0.2) is 9.84 Å². The van der Waals surface area contributed by atoms with E-state index >= 15 is 0 Å². The van der Waals surface area contributed by atoms with Crippen LogP contribution in [0.25, 0.3) is 0 Å². The number of nitro groups is 1. The van der Waals surface area contributed by atoms with Crippen LogP contribution in [0.5, 0.6) is 0 Å². The number of aromatic nitrogens is 1. The van der Waals surface area contributed by atoms with E-state index in [0.29, 0.717) is 11.4 Å². The van der Waals surface area contributed by atoms with Crippen molar-refractivity contribution in [3.8, 4) is 0 Å². The number of anilines is 1. The van der Waals surface area contributed by atoms with Crippen molar-refractivity contribution in [1.82, 2.24) is 4.98 Å². The molecule has 1 N–H and O–H groups in total. The van der Waals surface area contributed by atoms with Crippen molar-refractivity contribution in [2.45, 2.75) is 26.8 Å². The summed E-state index contributed by atoms with van der Waals surface area (Å²) in [5, 5.41) is 13.6. The van der Waals surface area contributed by atoms with Gasteiger partial charge in [0.2, 0.25) is 0 Å². The number of nitrogens with zero attached hydrogens (tertiary/aromatic N) is 2. The fraction of sp³-hybridized carbons (Fsp3) is 0.545. The molecule has 0 aliphatic carbocycles. The van der Waals surface area contributed by atoms with Crippen molar-refractivity contribution in [3.63, 3.8) is 0 Å². The summed E-state index contributed by atoms with van der Waals surface area (Å²) in [5.41, 5.74) is 0.424. The minimum Gasteiger partial charge on any atom is -0.367 e. The van der Waals surface area contributed by atoms with Crippen LogP contribution < -0.4 is 5.32 Å². The Hall–Kier alpha value is -1.70. The summed E-state index contributed by atoms with van der Waals surface area (Å²) >= 11 is 0.